The summed E-state index contributed by atoms with van der Waals surface area (Å²) in [6.07, 6.45) is 0.184. The van der Waals surface area contributed by atoms with Crippen molar-refractivity contribution in [1.82, 2.24) is 9.62 Å². The number of rotatable bonds is 6. The number of hydrogen-bond donors (Lipinski definition) is 1. The predicted octanol–water partition coefficient (Wildman–Crippen LogP) is 0.947. The van der Waals surface area contributed by atoms with Crippen molar-refractivity contribution < 1.29 is 31.5 Å². The number of nitrogens with one attached hydrogen (secondary N) is 1. The lowest BCUT2D eigenvalue weighted by atomic mass is 10.1. The van der Waals surface area contributed by atoms with Crippen molar-refractivity contribution in [2.45, 2.75) is 24.8 Å². The molecule has 1 aromatic rings. The molecule has 1 unspecified atom stereocenters. The number of halogens is 2. The van der Waals surface area contributed by atoms with Crippen LogP contribution in [0.4, 0.5) is 8.78 Å². The van der Waals surface area contributed by atoms with E-state index in [0.29, 0.717) is 0 Å². The van der Waals surface area contributed by atoms with Crippen molar-refractivity contribution in [2.75, 3.05) is 20.7 Å². The molecule has 2 rings (SSSR count). The van der Waals surface area contributed by atoms with Crippen LogP contribution in [0, 0.1) is 0 Å². The van der Waals surface area contributed by atoms with Crippen molar-refractivity contribution in [3.8, 4) is 11.5 Å². The second-order valence-corrected chi connectivity index (χ2v) is 7.41. The third-order valence-electron chi connectivity index (χ3n) is 3.73. The summed E-state index contributed by atoms with van der Waals surface area (Å²) in [5, 5.41) is 1.28. The van der Waals surface area contributed by atoms with Gasteiger partial charge in [0, 0.05) is 25.7 Å². The minimum atomic E-state index is -3.67. The average molecular weight is 364 g/mol. The van der Waals surface area contributed by atoms with Crippen LogP contribution in [0.3, 0.4) is 0 Å². The van der Waals surface area contributed by atoms with Gasteiger partial charge >= 0.3 is 6.61 Å². The highest BCUT2D eigenvalue weighted by Crippen LogP contribution is 2.32. The van der Waals surface area contributed by atoms with E-state index in [1.54, 1.807) is 6.07 Å². The summed E-state index contributed by atoms with van der Waals surface area (Å²) in [7, 11) is -0.961. The highest BCUT2D eigenvalue weighted by atomic mass is 32.2. The summed E-state index contributed by atoms with van der Waals surface area (Å²) in [6.45, 7) is -2.95. The first-order valence-electron chi connectivity index (χ1n) is 7.11. The molecule has 0 saturated carbocycles. The Balaban J connectivity index is 2.13. The van der Waals surface area contributed by atoms with E-state index in [1.165, 1.54) is 26.3 Å². The highest BCUT2D eigenvalue weighted by Gasteiger charge is 2.41. The summed E-state index contributed by atoms with van der Waals surface area (Å²) in [6, 6.07) is 4.48. The van der Waals surface area contributed by atoms with Gasteiger partial charge in [0.15, 0.2) is 16.7 Å². The molecule has 1 saturated heterocycles. The Kier molecular flexibility index (Phi) is 5.60. The lowest BCUT2D eigenvalue weighted by Crippen LogP contribution is -2.39. The number of nitrogens with zero attached hydrogens (tertiary/aromatic N) is 1. The molecule has 1 fully saturated rings. The monoisotopic (exact) mass is 364 g/mol. The zero-order chi connectivity index (χ0) is 17.9. The van der Waals surface area contributed by atoms with E-state index in [4.69, 9.17) is 4.74 Å². The highest BCUT2D eigenvalue weighted by molar-refractivity contribution is 7.90. The third-order valence-corrected chi connectivity index (χ3v) is 5.95. The van der Waals surface area contributed by atoms with Crippen molar-refractivity contribution >= 4 is 15.9 Å². The number of carbonyl (C=O) groups excluding carboxylic acids is 1. The first kappa shape index (κ1) is 18.4. The van der Waals surface area contributed by atoms with E-state index in [0.717, 1.165) is 4.31 Å². The standard InChI is InChI=1S/C14H18F2N2O5S/c1-18-7-6-11(24(18,20)21)13(19)17-8-9-4-3-5-10(22-2)12(9)23-14(15)16/h3-5,11,14H,6-8H2,1-2H3,(H,17,19). The summed E-state index contributed by atoms with van der Waals surface area (Å²) in [5.41, 5.74) is 0.256. The molecule has 1 atom stereocenters. The van der Waals surface area contributed by atoms with Crippen LogP contribution in [-0.2, 0) is 21.4 Å². The van der Waals surface area contributed by atoms with E-state index in [9.17, 15) is 22.0 Å². The molecule has 1 amide bonds. The third kappa shape index (κ3) is 3.75. The van der Waals surface area contributed by atoms with Gasteiger partial charge in [0.05, 0.1) is 7.11 Å². The largest absolute Gasteiger partial charge is 0.493 e. The van der Waals surface area contributed by atoms with Crippen molar-refractivity contribution in [1.29, 1.82) is 0 Å². The number of sulfonamides is 1. The molecular formula is C14H18F2N2O5S. The Morgan fingerprint density at radius 2 is 2.17 bits per heavy atom. The van der Waals surface area contributed by atoms with E-state index >= 15 is 0 Å². The number of ether oxygens (including phenoxy) is 2. The van der Waals surface area contributed by atoms with Gasteiger partial charge < -0.3 is 14.8 Å². The second-order valence-electron chi connectivity index (χ2n) is 5.19. The fourth-order valence-electron chi connectivity index (χ4n) is 2.44. The average Bonchev–Trinajstić information content (AvgIpc) is 2.79. The van der Waals surface area contributed by atoms with Gasteiger partial charge in [-0.3, -0.25) is 4.79 Å². The first-order valence-corrected chi connectivity index (χ1v) is 8.61. The number of carbonyl (C=O) groups is 1. The van der Waals surface area contributed by atoms with Crippen LogP contribution >= 0.6 is 0 Å². The smallest absolute Gasteiger partial charge is 0.387 e. The Morgan fingerprint density at radius 1 is 1.46 bits per heavy atom. The zero-order valence-corrected chi connectivity index (χ0v) is 14.0. The van der Waals surface area contributed by atoms with Crippen LogP contribution in [-0.4, -0.2) is 51.2 Å². The number of benzene rings is 1. The molecule has 24 heavy (non-hydrogen) atoms. The van der Waals surface area contributed by atoms with Crippen LogP contribution < -0.4 is 14.8 Å². The van der Waals surface area contributed by atoms with E-state index in [2.05, 4.69) is 10.1 Å². The molecule has 0 radical (unpaired) electrons. The molecule has 1 aromatic carbocycles. The van der Waals surface area contributed by atoms with Gasteiger partial charge in [-0.1, -0.05) is 12.1 Å². The molecule has 0 aromatic heterocycles. The van der Waals surface area contributed by atoms with Gasteiger partial charge in [0.25, 0.3) is 0 Å². The van der Waals surface area contributed by atoms with Crippen molar-refractivity contribution in [3.63, 3.8) is 0 Å². The van der Waals surface area contributed by atoms with Gasteiger partial charge in [-0.2, -0.15) is 8.78 Å². The fraction of sp³-hybridized carbons (Fsp3) is 0.500. The molecule has 0 bridgehead atoms. The van der Waals surface area contributed by atoms with Gasteiger partial charge in [-0.15, -0.1) is 0 Å². The lowest BCUT2D eigenvalue weighted by molar-refractivity contribution is -0.120. The summed E-state index contributed by atoms with van der Waals surface area (Å²) >= 11 is 0. The van der Waals surface area contributed by atoms with Crippen LogP contribution in [0.15, 0.2) is 18.2 Å². The van der Waals surface area contributed by atoms with Crippen LogP contribution in [0.5, 0.6) is 11.5 Å². The molecule has 1 aliphatic heterocycles. The number of hydrogen-bond acceptors (Lipinski definition) is 5. The topological polar surface area (TPSA) is 84.9 Å². The normalized spacial score (nSPS) is 20.1. The number of amides is 1. The van der Waals surface area contributed by atoms with E-state index in [-0.39, 0.29) is 36.6 Å². The molecule has 134 valence electrons. The van der Waals surface area contributed by atoms with Gasteiger partial charge in [-0.05, 0) is 12.5 Å². The summed E-state index contributed by atoms with van der Waals surface area (Å²) in [5.74, 6) is -0.776. The van der Waals surface area contributed by atoms with Crippen LogP contribution in [0.2, 0.25) is 0 Å². The number of alkyl halides is 2. The molecule has 1 N–H and O–H groups in total. The molecule has 0 aliphatic carbocycles. The lowest BCUT2D eigenvalue weighted by Gasteiger charge is -2.16. The Bertz CT molecular complexity index is 711. The quantitative estimate of drug-likeness (QED) is 0.812. The maximum Gasteiger partial charge on any atom is 0.387 e. The maximum atomic E-state index is 12.6. The second kappa shape index (κ2) is 7.31. The molecule has 1 heterocycles. The molecule has 10 heteroatoms. The zero-order valence-electron chi connectivity index (χ0n) is 13.2. The van der Waals surface area contributed by atoms with Crippen LogP contribution in [0.1, 0.15) is 12.0 Å². The molecule has 1 aliphatic rings. The van der Waals surface area contributed by atoms with E-state index in [1.807, 2.05) is 0 Å². The van der Waals surface area contributed by atoms with Crippen molar-refractivity contribution in [2.24, 2.45) is 0 Å². The minimum absolute atomic E-state index is 0.0928. The Morgan fingerprint density at radius 3 is 2.71 bits per heavy atom. The van der Waals surface area contributed by atoms with Crippen molar-refractivity contribution in [3.05, 3.63) is 23.8 Å². The van der Waals surface area contributed by atoms with Gasteiger partial charge in [-0.25, -0.2) is 12.7 Å². The predicted molar refractivity (Wildman–Crippen MR) is 81.4 cm³/mol. The maximum absolute atomic E-state index is 12.6. The molecular weight excluding hydrogens is 346 g/mol. The number of methoxy groups -OCH3 is 1. The van der Waals surface area contributed by atoms with Gasteiger partial charge in [0.2, 0.25) is 15.9 Å². The Hall–Kier alpha value is -1.94. The summed E-state index contributed by atoms with van der Waals surface area (Å²) < 4.78 is 59.6. The summed E-state index contributed by atoms with van der Waals surface area (Å²) in [4.78, 5) is 12.1. The molecule has 7 nitrogen and oxygen atoms in total. The first-order chi connectivity index (χ1) is 11.3. The van der Waals surface area contributed by atoms with E-state index < -0.39 is 27.8 Å². The SMILES string of the molecule is COc1cccc(CNC(=O)C2CCN(C)S2(=O)=O)c1OC(F)F. The van der Waals surface area contributed by atoms with Crippen LogP contribution in [0.25, 0.3) is 0 Å². The minimum Gasteiger partial charge on any atom is -0.493 e. The van der Waals surface area contributed by atoms with Gasteiger partial charge in [0.1, 0.15) is 0 Å². The molecule has 0 spiro atoms. The Labute approximate surface area is 138 Å². The number of para-hydroxylation sites is 1. The fourth-order valence-corrected chi connectivity index (χ4v) is 3.99.